The van der Waals surface area contributed by atoms with E-state index in [9.17, 15) is 9.59 Å². The Balaban J connectivity index is 1.41. The first-order valence-corrected chi connectivity index (χ1v) is 13.0. The minimum Gasteiger partial charge on any atom is -0.379 e. The summed E-state index contributed by atoms with van der Waals surface area (Å²) in [5.74, 6) is -0.119. The zero-order valence-electron chi connectivity index (χ0n) is 19.6. The van der Waals surface area contributed by atoms with Gasteiger partial charge in [-0.15, -0.1) is 11.8 Å². The zero-order chi connectivity index (χ0) is 23.8. The third kappa shape index (κ3) is 6.65. The third-order valence-electron chi connectivity index (χ3n) is 6.11. The fourth-order valence-corrected chi connectivity index (χ4v) is 4.65. The van der Waals surface area contributed by atoms with Crippen molar-refractivity contribution < 1.29 is 14.3 Å². The van der Waals surface area contributed by atoms with Crippen molar-refractivity contribution in [2.75, 3.05) is 74.3 Å². The molecule has 3 N–H and O–H groups in total. The van der Waals surface area contributed by atoms with E-state index in [1.807, 2.05) is 42.7 Å². The average molecular weight is 484 g/mol. The number of ether oxygens (including phenoxy) is 1. The van der Waals surface area contributed by atoms with E-state index in [1.54, 1.807) is 17.8 Å². The number of hydrogen-bond donors (Lipinski definition) is 3. The van der Waals surface area contributed by atoms with E-state index in [-0.39, 0.29) is 11.9 Å². The first-order chi connectivity index (χ1) is 16.6. The maximum absolute atomic E-state index is 13.1. The number of anilines is 3. The Hall–Kier alpha value is -2.75. The second-order valence-corrected chi connectivity index (χ2v) is 9.32. The number of thioether (sulfide) groups is 1. The van der Waals surface area contributed by atoms with Crippen LogP contribution in [0.25, 0.3) is 0 Å². The Labute approximate surface area is 205 Å². The van der Waals surface area contributed by atoms with Gasteiger partial charge in [0.25, 0.3) is 5.91 Å². The van der Waals surface area contributed by atoms with Crippen molar-refractivity contribution in [1.29, 1.82) is 0 Å². The molecule has 2 aromatic carbocycles. The molecule has 2 aromatic rings. The first-order valence-electron chi connectivity index (χ1n) is 11.8. The Morgan fingerprint density at radius 1 is 0.941 bits per heavy atom. The quantitative estimate of drug-likeness (QED) is 0.497. The summed E-state index contributed by atoms with van der Waals surface area (Å²) in [4.78, 5) is 31.4. The Bertz CT molecular complexity index is 973. The lowest BCUT2D eigenvalue weighted by Gasteiger charge is -2.26. The minimum absolute atomic E-state index is 0.119. The van der Waals surface area contributed by atoms with Gasteiger partial charge >= 0.3 is 6.03 Å². The van der Waals surface area contributed by atoms with Crippen molar-refractivity contribution in [3.05, 3.63) is 48.0 Å². The number of urea groups is 1. The standard InChI is InChI=1S/C25H33N5O3S/c1-34-21-7-4-19(5-8-21)27-25(32)28-20-6-9-23(30-11-2-3-12-30)22(18-20)24(31)26-10-13-29-14-16-33-17-15-29/h4-9,18H,2-3,10-17H2,1H3,(H,26,31)(H2,27,28,32). The van der Waals surface area contributed by atoms with Crippen molar-refractivity contribution in [2.24, 2.45) is 0 Å². The van der Waals surface area contributed by atoms with Crippen molar-refractivity contribution in [2.45, 2.75) is 17.7 Å². The topological polar surface area (TPSA) is 85.9 Å². The van der Waals surface area contributed by atoms with Crippen molar-refractivity contribution in [3.8, 4) is 0 Å². The number of amides is 3. The number of benzene rings is 2. The van der Waals surface area contributed by atoms with Gasteiger partial charge in [-0.3, -0.25) is 9.69 Å². The van der Waals surface area contributed by atoms with Gasteiger partial charge < -0.3 is 25.6 Å². The smallest absolute Gasteiger partial charge is 0.323 e. The minimum atomic E-state index is -0.343. The number of carbonyl (C=O) groups is 2. The van der Waals surface area contributed by atoms with Gasteiger partial charge in [-0.2, -0.15) is 0 Å². The summed E-state index contributed by atoms with van der Waals surface area (Å²) in [6.45, 7) is 6.51. The van der Waals surface area contributed by atoms with E-state index >= 15 is 0 Å². The van der Waals surface area contributed by atoms with E-state index < -0.39 is 0 Å². The predicted molar refractivity (Wildman–Crippen MR) is 138 cm³/mol. The van der Waals surface area contributed by atoms with Crippen LogP contribution in [0.1, 0.15) is 23.2 Å². The molecule has 34 heavy (non-hydrogen) atoms. The van der Waals surface area contributed by atoms with Crippen molar-refractivity contribution >= 4 is 40.8 Å². The fourth-order valence-electron chi connectivity index (χ4n) is 4.24. The maximum Gasteiger partial charge on any atom is 0.323 e. The van der Waals surface area contributed by atoms with Crippen LogP contribution in [-0.4, -0.2) is 75.6 Å². The number of nitrogens with one attached hydrogen (secondary N) is 3. The van der Waals surface area contributed by atoms with Crippen LogP contribution in [0.5, 0.6) is 0 Å². The van der Waals surface area contributed by atoms with Crippen LogP contribution in [-0.2, 0) is 4.74 Å². The lowest BCUT2D eigenvalue weighted by atomic mass is 10.1. The number of rotatable bonds is 8. The summed E-state index contributed by atoms with van der Waals surface area (Å²) in [6, 6.07) is 12.9. The lowest BCUT2D eigenvalue weighted by molar-refractivity contribution is 0.0383. The summed E-state index contributed by atoms with van der Waals surface area (Å²) >= 11 is 1.65. The maximum atomic E-state index is 13.1. The second kappa shape index (κ2) is 12.1. The monoisotopic (exact) mass is 483 g/mol. The summed E-state index contributed by atoms with van der Waals surface area (Å²) in [5.41, 5.74) is 2.80. The molecule has 0 radical (unpaired) electrons. The van der Waals surface area contributed by atoms with Crippen LogP contribution in [0, 0.1) is 0 Å². The Morgan fingerprint density at radius 2 is 1.62 bits per heavy atom. The van der Waals surface area contributed by atoms with Gasteiger partial charge in [0.15, 0.2) is 0 Å². The molecule has 0 aliphatic carbocycles. The molecule has 182 valence electrons. The molecule has 0 bridgehead atoms. The first kappa shape index (κ1) is 24.4. The van der Waals surface area contributed by atoms with Gasteiger partial charge in [0.1, 0.15) is 0 Å². The summed E-state index contributed by atoms with van der Waals surface area (Å²) in [7, 11) is 0. The molecule has 0 unspecified atom stereocenters. The summed E-state index contributed by atoms with van der Waals surface area (Å²) < 4.78 is 5.39. The molecule has 4 rings (SSSR count). The van der Waals surface area contributed by atoms with Gasteiger partial charge in [0, 0.05) is 61.2 Å². The third-order valence-corrected chi connectivity index (χ3v) is 6.85. The highest BCUT2D eigenvalue weighted by atomic mass is 32.2. The molecule has 2 aliphatic rings. The Kier molecular flexibility index (Phi) is 8.67. The molecule has 0 saturated carbocycles. The molecule has 8 nitrogen and oxygen atoms in total. The molecule has 2 heterocycles. The molecule has 0 atom stereocenters. The summed E-state index contributed by atoms with van der Waals surface area (Å²) in [6.07, 6.45) is 4.25. The van der Waals surface area contributed by atoms with E-state index in [0.29, 0.717) is 23.5 Å². The highest BCUT2D eigenvalue weighted by Crippen LogP contribution is 2.28. The predicted octanol–water partition coefficient (Wildman–Crippen LogP) is 3.71. The molecule has 2 fully saturated rings. The van der Waals surface area contributed by atoms with Gasteiger partial charge in [-0.25, -0.2) is 4.79 Å². The molecule has 0 spiro atoms. The fraction of sp³-hybridized carbons (Fsp3) is 0.440. The van der Waals surface area contributed by atoms with Gasteiger partial charge in [-0.05, 0) is 61.6 Å². The van der Waals surface area contributed by atoms with E-state index in [2.05, 4.69) is 25.8 Å². The molecule has 3 amide bonds. The van der Waals surface area contributed by atoms with Crippen LogP contribution in [0.15, 0.2) is 47.4 Å². The lowest BCUT2D eigenvalue weighted by Crippen LogP contribution is -2.41. The SMILES string of the molecule is CSc1ccc(NC(=O)Nc2ccc(N3CCCC3)c(C(=O)NCCN3CCOCC3)c2)cc1. The van der Waals surface area contributed by atoms with E-state index in [4.69, 9.17) is 4.74 Å². The number of hydrogen-bond acceptors (Lipinski definition) is 6. The molecule has 9 heteroatoms. The second-order valence-electron chi connectivity index (χ2n) is 8.44. The van der Waals surface area contributed by atoms with E-state index in [0.717, 1.165) is 69.4 Å². The molecular weight excluding hydrogens is 450 g/mol. The number of carbonyl (C=O) groups excluding carboxylic acids is 2. The Morgan fingerprint density at radius 3 is 2.32 bits per heavy atom. The number of morpholine rings is 1. The van der Waals surface area contributed by atoms with Crippen LogP contribution >= 0.6 is 11.8 Å². The normalized spacial score (nSPS) is 16.3. The molecule has 2 aliphatic heterocycles. The van der Waals surface area contributed by atoms with Crippen LogP contribution < -0.4 is 20.9 Å². The number of nitrogens with zero attached hydrogens (tertiary/aromatic N) is 2. The highest BCUT2D eigenvalue weighted by Gasteiger charge is 2.21. The van der Waals surface area contributed by atoms with Gasteiger partial charge in [-0.1, -0.05) is 0 Å². The highest BCUT2D eigenvalue weighted by molar-refractivity contribution is 7.98. The van der Waals surface area contributed by atoms with Crippen LogP contribution in [0.3, 0.4) is 0 Å². The molecule has 2 saturated heterocycles. The van der Waals surface area contributed by atoms with Crippen LogP contribution in [0.2, 0.25) is 0 Å². The summed E-state index contributed by atoms with van der Waals surface area (Å²) in [5, 5.41) is 8.77. The van der Waals surface area contributed by atoms with Gasteiger partial charge in [0.2, 0.25) is 0 Å². The van der Waals surface area contributed by atoms with E-state index in [1.165, 1.54) is 0 Å². The molecular formula is C25H33N5O3S. The average Bonchev–Trinajstić information content (AvgIpc) is 3.40. The van der Waals surface area contributed by atoms with Crippen LogP contribution in [0.4, 0.5) is 21.9 Å². The van der Waals surface area contributed by atoms with Crippen molar-refractivity contribution in [1.82, 2.24) is 10.2 Å². The van der Waals surface area contributed by atoms with Gasteiger partial charge in [0.05, 0.1) is 18.8 Å². The largest absolute Gasteiger partial charge is 0.379 e. The molecule has 0 aromatic heterocycles. The zero-order valence-corrected chi connectivity index (χ0v) is 20.5. The van der Waals surface area contributed by atoms with Crippen molar-refractivity contribution in [3.63, 3.8) is 0 Å².